The van der Waals surface area contributed by atoms with Crippen LogP contribution in [0.4, 0.5) is 5.69 Å². The molecule has 0 saturated carbocycles. The van der Waals surface area contributed by atoms with Gasteiger partial charge >= 0.3 is 0 Å². The molecule has 3 rings (SSSR count). The molecule has 0 atom stereocenters. The summed E-state index contributed by atoms with van der Waals surface area (Å²) in [5.41, 5.74) is 1.71. The molecule has 26 heavy (non-hydrogen) atoms. The van der Waals surface area contributed by atoms with Crippen molar-refractivity contribution >= 4 is 34.3 Å². The first-order valence-electron chi connectivity index (χ1n) is 8.90. The van der Waals surface area contributed by atoms with E-state index < -0.39 is 0 Å². The number of Topliss-reactive ketones (excluding diaryl/α,β-unsaturated/α-hetero) is 1. The van der Waals surface area contributed by atoms with Gasteiger partial charge in [0, 0.05) is 24.2 Å². The van der Waals surface area contributed by atoms with E-state index in [1.807, 2.05) is 66.4 Å². The molecule has 0 fully saturated rings. The van der Waals surface area contributed by atoms with E-state index in [1.54, 1.807) is 0 Å². The van der Waals surface area contributed by atoms with Gasteiger partial charge in [-0.3, -0.25) is 9.79 Å². The van der Waals surface area contributed by atoms with E-state index >= 15 is 0 Å². The summed E-state index contributed by atoms with van der Waals surface area (Å²) in [6, 6.07) is 17.3. The maximum absolute atomic E-state index is 12.7. The lowest BCUT2D eigenvalue weighted by Gasteiger charge is -2.28. The van der Waals surface area contributed by atoms with Crippen molar-refractivity contribution in [3.05, 3.63) is 60.2 Å². The molecule has 0 amide bonds. The number of nitrogens with zero attached hydrogens (tertiary/aromatic N) is 2. The zero-order valence-corrected chi connectivity index (χ0v) is 16.8. The summed E-state index contributed by atoms with van der Waals surface area (Å²) >= 11 is 0. The number of benzene rings is 2. The minimum Gasteiger partial charge on any atom is -0.494 e. The summed E-state index contributed by atoms with van der Waals surface area (Å²) in [6.45, 7) is 3.75. The first kappa shape index (κ1) is 20.2. The van der Waals surface area contributed by atoms with Gasteiger partial charge in [0.1, 0.15) is 11.6 Å². The number of rotatable bonds is 6. The average Bonchev–Trinajstić information content (AvgIpc) is 2.68. The summed E-state index contributed by atoms with van der Waals surface area (Å²) < 4.78 is 5.52. The van der Waals surface area contributed by atoms with Crippen LogP contribution < -0.4 is 9.64 Å². The second-order valence-corrected chi connectivity index (χ2v) is 6.06. The second kappa shape index (κ2) is 10.1. The van der Waals surface area contributed by atoms with Crippen LogP contribution in [-0.2, 0) is 0 Å². The van der Waals surface area contributed by atoms with E-state index in [-0.39, 0.29) is 22.8 Å². The molecule has 0 N–H and O–H groups in total. The molecule has 1 aliphatic rings. The van der Waals surface area contributed by atoms with Crippen molar-refractivity contribution < 1.29 is 9.53 Å². The Morgan fingerprint density at radius 2 is 1.81 bits per heavy atom. The van der Waals surface area contributed by atoms with E-state index in [9.17, 15) is 4.79 Å². The maximum atomic E-state index is 12.7. The van der Waals surface area contributed by atoms with Crippen LogP contribution in [0, 0.1) is 0 Å². The number of halogens is 1. The zero-order valence-electron chi connectivity index (χ0n) is 15.1. The van der Waals surface area contributed by atoms with Crippen molar-refractivity contribution in [2.75, 3.05) is 24.6 Å². The number of anilines is 1. The highest BCUT2D eigenvalue weighted by Gasteiger charge is 2.19. The third kappa shape index (κ3) is 5.18. The zero-order chi connectivity index (χ0) is 17.5. The van der Waals surface area contributed by atoms with Gasteiger partial charge in [-0.1, -0.05) is 30.3 Å². The number of hydrogen-bond donors (Lipinski definition) is 0. The summed E-state index contributed by atoms with van der Waals surface area (Å²) in [5.74, 6) is 1.94. The molecule has 0 bridgehead atoms. The fourth-order valence-electron chi connectivity index (χ4n) is 2.98. The van der Waals surface area contributed by atoms with Crippen LogP contribution in [0.3, 0.4) is 0 Å². The molecule has 5 heteroatoms. The molecule has 0 unspecified atom stereocenters. The molecule has 0 aromatic heterocycles. The fraction of sp³-hybridized carbons (Fsp3) is 0.333. The normalized spacial score (nSPS) is 13.3. The number of amidine groups is 1. The van der Waals surface area contributed by atoms with Gasteiger partial charge in [0.05, 0.1) is 13.2 Å². The molecule has 1 heterocycles. The topological polar surface area (TPSA) is 41.9 Å². The van der Waals surface area contributed by atoms with Crippen LogP contribution in [0.25, 0.3) is 0 Å². The van der Waals surface area contributed by atoms with Gasteiger partial charge in [-0.2, -0.15) is 0 Å². The predicted molar refractivity (Wildman–Crippen MR) is 112 cm³/mol. The number of carbonyl (C=O) groups is 1. The summed E-state index contributed by atoms with van der Waals surface area (Å²) in [4.78, 5) is 19.4. The highest BCUT2D eigenvalue weighted by atomic mass is 79.9. The Morgan fingerprint density at radius 1 is 1.08 bits per heavy atom. The monoisotopic (exact) mass is 416 g/mol. The van der Waals surface area contributed by atoms with Gasteiger partial charge in [0.25, 0.3) is 0 Å². The highest BCUT2D eigenvalue weighted by molar-refractivity contribution is 8.93. The minimum atomic E-state index is 0. The van der Waals surface area contributed by atoms with E-state index in [0.29, 0.717) is 13.2 Å². The molecule has 0 saturated heterocycles. The molecular formula is C21H25BrN2O2. The van der Waals surface area contributed by atoms with Crippen molar-refractivity contribution in [1.82, 2.24) is 0 Å². The molecular weight excluding hydrogens is 392 g/mol. The molecule has 138 valence electrons. The Morgan fingerprint density at radius 3 is 2.42 bits per heavy atom. The molecule has 1 aliphatic heterocycles. The van der Waals surface area contributed by atoms with Crippen LogP contribution in [0.5, 0.6) is 5.75 Å². The molecule has 2 aromatic rings. The van der Waals surface area contributed by atoms with Gasteiger partial charge < -0.3 is 9.64 Å². The van der Waals surface area contributed by atoms with Crippen LogP contribution in [0.15, 0.2) is 59.6 Å². The SMILES string of the molecule is Br.CCOc1ccc(N(CC(=O)c2ccccc2)C2=NCCCC2)cc1. The molecule has 0 radical (unpaired) electrons. The van der Waals surface area contributed by atoms with E-state index in [0.717, 1.165) is 48.6 Å². The number of carbonyl (C=O) groups excluding carboxylic acids is 1. The third-order valence-corrected chi connectivity index (χ3v) is 4.27. The number of hydrogen-bond acceptors (Lipinski definition) is 4. The quantitative estimate of drug-likeness (QED) is 0.626. The predicted octanol–water partition coefficient (Wildman–Crippen LogP) is 4.93. The Balaban J connectivity index is 0.00000243. The van der Waals surface area contributed by atoms with Crippen LogP contribution in [-0.4, -0.2) is 31.3 Å². The first-order chi connectivity index (χ1) is 12.3. The highest BCUT2D eigenvalue weighted by Crippen LogP contribution is 2.23. The lowest BCUT2D eigenvalue weighted by atomic mass is 10.1. The fourth-order valence-corrected chi connectivity index (χ4v) is 2.98. The van der Waals surface area contributed by atoms with E-state index in [2.05, 4.69) is 4.99 Å². The smallest absolute Gasteiger partial charge is 0.182 e. The lowest BCUT2D eigenvalue weighted by Crippen LogP contribution is -2.37. The van der Waals surface area contributed by atoms with Gasteiger partial charge in [0.2, 0.25) is 0 Å². The van der Waals surface area contributed by atoms with Crippen molar-refractivity contribution in [3.63, 3.8) is 0 Å². The third-order valence-electron chi connectivity index (χ3n) is 4.27. The summed E-state index contributed by atoms with van der Waals surface area (Å²) in [6.07, 6.45) is 3.15. The van der Waals surface area contributed by atoms with Crippen molar-refractivity contribution in [3.8, 4) is 5.75 Å². The Bertz CT molecular complexity index is 729. The number of aliphatic imine (C=N–C) groups is 1. The van der Waals surface area contributed by atoms with Gasteiger partial charge in [-0.25, -0.2) is 0 Å². The lowest BCUT2D eigenvalue weighted by molar-refractivity contribution is 0.100. The van der Waals surface area contributed by atoms with Crippen LogP contribution in [0.1, 0.15) is 36.5 Å². The van der Waals surface area contributed by atoms with Crippen molar-refractivity contribution in [1.29, 1.82) is 0 Å². The Kier molecular flexibility index (Phi) is 7.85. The van der Waals surface area contributed by atoms with E-state index in [1.165, 1.54) is 0 Å². The summed E-state index contributed by atoms with van der Waals surface area (Å²) in [7, 11) is 0. The van der Waals surface area contributed by atoms with Crippen LogP contribution in [0.2, 0.25) is 0 Å². The first-order valence-corrected chi connectivity index (χ1v) is 8.90. The molecule has 0 aliphatic carbocycles. The number of ketones is 1. The maximum Gasteiger partial charge on any atom is 0.182 e. The second-order valence-electron chi connectivity index (χ2n) is 6.06. The van der Waals surface area contributed by atoms with Crippen molar-refractivity contribution in [2.24, 2.45) is 4.99 Å². The molecule has 2 aromatic carbocycles. The van der Waals surface area contributed by atoms with Crippen molar-refractivity contribution in [2.45, 2.75) is 26.2 Å². The number of ether oxygens (including phenoxy) is 1. The van der Waals surface area contributed by atoms with Gasteiger partial charge in [-0.15, -0.1) is 17.0 Å². The van der Waals surface area contributed by atoms with Gasteiger partial charge in [-0.05, 0) is 44.0 Å². The molecule has 0 spiro atoms. The largest absolute Gasteiger partial charge is 0.494 e. The van der Waals surface area contributed by atoms with E-state index in [4.69, 9.17) is 4.74 Å². The molecule has 4 nitrogen and oxygen atoms in total. The van der Waals surface area contributed by atoms with Gasteiger partial charge in [0.15, 0.2) is 5.78 Å². The Labute approximate surface area is 165 Å². The summed E-state index contributed by atoms with van der Waals surface area (Å²) in [5, 5.41) is 0. The average molecular weight is 417 g/mol. The van der Waals surface area contributed by atoms with Crippen LogP contribution >= 0.6 is 17.0 Å². The standard InChI is InChI=1S/C21H24N2O2.BrH/c1-2-25-19-13-11-18(12-14-19)23(21-10-6-7-15-22-21)16-20(24)17-8-4-3-5-9-17;/h3-5,8-9,11-14H,2,6-7,10,15-16H2,1H3;1H. The minimum absolute atomic E-state index is 0. The Hall–Kier alpha value is -2.14.